The summed E-state index contributed by atoms with van der Waals surface area (Å²) in [6.07, 6.45) is 1.18. The highest BCUT2D eigenvalue weighted by Crippen LogP contribution is 2.35. The zero-order valence-corrected chi connectivity index (χ0v) is 14.0. The topological polar surface area (TPSA) is 61.2 Å². The summed E-state index contributed by atoms with van der Waals surface area (Å²) in [5.41, 5.74) is -0.393. The Balaban J connectivity index is 2.24. The lowest BCUT2D eigenvalue weighted by molar-refractivity contribution is 0.232. The average Bonchev–Trinajstić information content (AvgIpc) is 2.70. The number of halogens is 1. The second-order valence-electron chi connectivity index (χ2n) is 5.05. The normalized spacial score (nSPS) is 20.1. The molecule has 0 N–H and O–H groups in total. The van der Waals surface area contributed by atoms with Crippen molar-refractivity contribution < 1.29 is 8.42 Å². The molecule has 0 radical (unpaired) electrons. The Morgan fingerprint density at radius 2 is 2.05 bits per heavy atom. The molecule has 0 amide bonds. The molecule has 104 valence electrons. The van der Waals surface area contributed by atoms with Crippen molar-refractivity contribution in [2.24, 2.45) is 5.41 Å². The third kappa shape index (κ3) is 2.87. The molecule has 0 bridgehead atoms. The Hall–Kier alpha value is -0.420. The van der Waals surface area contributed by atoms with Crippen molar-refractivity contribution in [3.8, 4) is 6.07 Å². The van der Waals surface area contributed by atoms with Gasteiger partial charge in [-0.2, -0.15) is 9.57 Å². The second kappa shape index (κ2) is 5.17. The van der Waals surface area contributed by atoms with Crippen LogP contribution < -0.4 is 0 Å². The van der Waals surface area contributed by atoms with Crippen LogP contribution in [0.1, 0.15) is 24.6 Å². The minimum absolute atomic E-state index is 0.380. The first-order valence-corrected chi connectivity index (χ1v) is 9.01. The molecule has 0 unspecified atom stereocenters. The van der Waals surface area contributed by atoms with Crippen LogP contribution >= 0.6 is 27.3 Å². The van der Waals surface area contributed by atoms with Gasteiger partial charge in [0.15, 0.2) is 0 Å². The molecule has 1 aliphatic heterocycles. The molecular formula is C12H15BrN2O2S2. The van der Waals surface area contributed by atoms with Gasteiger partial charge in [0, 0.05) is 18.0 Å². The second-order valence-corrected chi connectivity index (χ2v) is 9.59. The molecule has 1 aromatic rings. The van der Waals surface area contributed by atoms with E-state index < -0.39 is 15.4 Å². The summed E-state index contributed by atoms with van der Waals surface area (Å²) in [5, 5.41) is 9.08. The van der Waals surface area contributed by atoms with Crippen LogP contribution in [0.25, 0.3) is 0 Å². The van der Waals surface area contributed by atoms with Crippen LogP contribution in [0.4, 0.5) is 0 Å². The molecule has 1 aliphatic rings. The van der Waals surface area contributed by atoms with E-state index in [1.807, 2.05) is 13.8 Å². The Bertz CT molecular complexity index is 623. The first-order chi connectivity index (χ1) is 8.78. The molecule has 0 atom stereocenters. The Kier molecular flexibility index (Phi) is 4.07. The van der Waals surface area contributed by atoms with Crippen molar-refractivity contribution >= 4 is 37.3 Å². The predicted octanol–water partition coefficient (Wildman–Crippen LogP) is 3.13. The van der Waals surface area contributed by atoms with Crippen LogP contribution in [-0.2, 0) is 10.0 Å². The molecular weight excluding hydrogens is 348 g/mol. The smallest absolute Gasteiger partial charge is 0.207 e. The molecule has 2 rings (SSSR count). The first-order valence-electron chi connectivity index (χ1n) is 5.96. The monoisotopic (exact) mass is 362 g/mol. The van der Waals surface area contributed by atoms with Crippen molar-refractivity contribution in [2.75, 3.05) is 13.1 Å². The molecule has 0 spiro atoms. The Labute approximate surface area is 126 Å². The lowest BCUT2D eigenvalue weighted by Gasteiger charge is -2.34. The zero-order valence-electron chi connectivity index (χ0n) is 10.8. The quantitative estimate of drug-likeness (QED) is 0.811. The molecule has 1 fully saturated rings. The number of thiophene rings is 1. The molecule has 2 heterocycles. The predicted molar refractivity (Wildman–Crippen MR) is 78.5 cm³/mol. The number of aryl methyl sites for hydroxylation is 1. The summed E-state index contributed by atoms with van der Waals surface area (Å²) in [5.74, 6) is 0. The fourth-order valence-electron chi connectivity index (χ4n) is 2.16. The van der Waals surface area contributed by atoms with Crippen LogP contribution in [0.2, 0.25) is 0 Å². The van der Waals surface area contributed by atoms with Crippen molar-refractivity contribution in [1.82, 2.24) is 4.31 Å². The fraction of sp³-hybridized carbons (Fsp3) is 0.583. The van der Waals surface area contributed by atoms with E-state index >= 15 is 0 Å². The zero-order chi connectivity index (χ0) is 14.3. The number of nitrogens with zero attached hydrogens (tertiary/aromatic N) is 2. The van der Waals surface area contributed by atoms with Crippen LogP contribution in [0.5, 0.6) is 0 Å². The van der Waals surface area contributed by atoms with Gasteiger partial charge in [0.1, 0.15) is 0 Å². The van der Waals surface area contributed by atoms with Gasteiger partial charge in [0.05, 0.1) is 20.2 Å². The van der Waals surface area contributed by atoms with E-state index in [0.29, 0.717) is 30.8 Å². The van der Waals surface area contributed by atoms with Crippen LogP contribution in [-0.4, -0.2) is 25.8 Å². The lowest BCUT2D eigenvalue weighted by atomic mass is 9.83. The van der Waals surface area contributed by atoms with Gasteiger partial charge in [-0.25, -0.2) is 8.42 Å². The summed E-state index contributed by atoms with van der Waals surface area (Å²) in [7, 11) is -3.43. The highest BCUT2D eigenvalue weighted by atomic mass is 79.9. The van der Waals surface area contributed by atoms with Gasteiger partial charge < -0.3 is 0 Å². The maximum absolute atomic E-state index is 12.5. The van der Waals surface area contributed by atoms with E-state index in [4.69, 9.17) is 5.26 Å². The molecule has 0 saturated carbocycles. The van der Waals surface area contributed by atoms with Gasteiger partial charge in [-0.3, -0.25) is 0 Å². The molecule has 0 aromatic carbocycles. The third-order valence-corrected chi connectivity index (χ3v) is 7.26. The molecule has 0 aliphatic carbocycles. The highest BCUT2D eigenvalue weighted by Gasteiger charge is 2.36. The maximum atomic E-state index is 12.5. The number of rotatable bonds is 2. The summed E-state index contributed by atoms with van der Waals surface area (Å²) in [4.78, 5) is 1.17. The fourth-order valence-corrected chi connectivity index (χ4v) is 5.98. The van der Waals surface area contributed by atoms with Gasteiger partial charge in [-0.15, -0.1) is 11.3 Å². The van der Waals surface area contributed by atoms with Crippen molar-refractivity contribution in [2.45, 2.75) is 31.6 Å². The SMILES string of the molecule is Cc1sc(Br)cc1S(=O)(=O)N1CCC(C)(C#N)CC1. The van der Waals surface area contributed by atoms with Crippen molar-refractivity contribution in [3.05, 3.63) is 14.7 Å². The number of sulfonamides is 1. The van der Waals surface area contributed by atoms with E-state index in [2.05, 4.69) is 22.0 Å². The van der Waals surface area contributed by atoms with E-state index in [0.717, 1.165) is 8.66 Å². The lowest BCUT2D eigenvalue weighted by Crippen LogP contribution is -2.41. The molecule has 1 aromatic heterocycles. The van der Waals surface area contributed by atoms with Gasteiger partial charge in [0.25, 0.3) is 0 Å². The number of piperidine rings is 1. The maximum Gasteiger partial charge on any atom is 0.244 e. The van der Waals surface area contributed by atoms with Gasteiger partial charge in [0.2, 0.25) is 10.0 Å². The summed E-state index contributed by atoms with van der Waals surface area (Å²) in [6, 6.07) is 3.94. The third-order valence-electron chi connectivity index (χ3n) is 3.56. The van der Waals surface area contributed by atoms with E-state index in [-0.39, 0.29) is 0 Å². The minimum atomic E-state index is -3.43. The first kappa shape index (κ1) is 15.0. The Morgan fingerprint density at radius 1 is 1.47 bits per heavy atom. The van der Waals surface area contributed by atoms with Gasteiger partial charge >= 0.3 is 0 Å². The standard InChI is InChI=1S/C12H15BrN2O2S2/c1-9-10(7-11(13)18-9)19(16,17)15-5-3-12(2,8-14)4-6-15/h7H,3-6H2,1-2H3. The highest BCUT2D eigenvalue weighted by molar-refractivity contribution is 9.11. The summed E-state index contributed by atoms with van der Waals surface area (Å²) in [6.45, 7) is 4.54. The van der Waals surface area contributed by atoms with E-state index in [1.165, 1.54) is 15.6 Å². The van der Waals surface area contributed by atoms with Crippen LogP contribution in [0.3, 0.4) is 0 Å². The van der Waals surface area contributed by atoms with Gasteiger partial charge in [-0.1, -0.05) is 0 Å². The minimum Gasteiger partial charge on any atom is -0.207 e. The molecule has 1 saturated heterocycles. The van der Waals surface area contributed by atoms with Crippen molar-refractivity contribution in [3.63, 3.8) is 0 Å². The molecule has 19 heavy (non-hydrogen) atoms. The average molecular weight is 363 g/mol. The number of hydrogen-bond donors (Lipinski definition) is 0. The number of hydrogen-bond acceptors (Lipinski definition) is 4. The van der Waals surface area contributed by atoms with E-state index in [1.54, 1.807) is 6.07 Å². The van der Waals surface area contributed by atoms with Gasteiger partial charge in [-0.05, 0) is 48.7 Å². The summed E-state index contributed by atoms with van der Waals surface area (Å²) < 4.78 is 27.4. The van der Waals surface area contributed by atoms with Crippen molar-refractivity contribution in [1.29, 1.82) is 5.26 Å². The van der Waals surface area contributed by atoms with Crippen LogP contribution in [0, 0.1) is 23.7 Å². The Morgan fingerprint density at radius 3 is 2.47 bits per heavy atom. The summed E-state index contributed by atoms with van der Waals surface area (Å²) >= 11 is 4.74. The molecule has 7 heteroatoms. The van der Waals surface area contributed by atoms with Crippen LogP contribution in [0.15, 0.2) is 14.7 Å². The largest absolute Gasteiger partial charge is 0.244 e. The van der Waals surface area contributed by atoms with E-state index in [9.17, 15) is 8.42 Å². The molecule has 4 nitrogen and oxygen atoms in total. The number of nitriles is 1.